The zero-order valence-electron chi connectivity index (χ0n) is 9.93. The third-order valence-electron chi connectivity index (χ3n) is 3.22. The summed E-state index contributed by atoms with van der Waals surface area (Å²) >= 11 is 0. The van der Waals surface area contributed by atoms with Crippen molar-refractivity contribution in [2.45, 2.75) is 12.8 Å². The van der Waals surface area contributed by atoms with Gasteiger partial charge in [0.2, 0.25) is 0 Å². The molecule has 0 aliphatic heterocycles. The van der Waals surface area contributed by atoms with Crippen LogP contribution in [0, 0.1) is 5.92 Å². The highest BCUT2D eigenvalue weighted by Gasteiger charge is 2.30. The molecule has 2 rings (SSSR count). The van der Waals surface area contributed by atoms with Crippen LogP contribution in [0.3, 0.4) is 0 Å². The highest BCUT2D eigenvalue weighted by atomic mass is 16.5. The smallest absolute Gasteiger partial charge is 0.142 e. The highest BCUT2D eigenvalue weighted by Crippen LogP contribution is 2.39. The number of nitrogens with two attached hydrogens (primary N) is 1. The minimum Gasteiger partial charge on any atom is -0.496 e. The van der Waals surface area contributed by atoms with Gasteiger partial charge in [0.1, 0.15) is 17.3 Å². The summed E-state index contributed by atoms with van der Waals surface area (Å²) in [6.45, 7) is 0. The lowest BCUT2D eigenvalue weighted by Gasteiger charge is -2.10. The van der Waals surface area contributed by atoms with Gasteiger partial charge in [-0.3, -0.25) is 0 Å². The molecule has 0 saturated carbocycles. The van der Waals surface area contributed by atoms with E-state index in [1.165, 1.54) is 0 Å². The average molecular weight is 236 g/mol. The number of benzene rings is 1. The Labute approximate surface area is 99.8 Å². The number of fused-ring (bicyclic) bond motifs is 1. The highest BCUT2D eigenvalue weighted by molar-refractivity contribution is 5.84. The first-order chi connectivity index (χ1) is 8.21. The van der Waals surface area contributed by atoms with E-state index in [1.807, 2.05) is 12.1 Å². The fourth-order valence-electron chi connectivity index (χ4n) is 2.34. The van der Waals surface area contributed by atoms with Gasteiger partial charge in [0.05, 0.1) is 14.2 Å². The summed E-state index contributed by atoms with van der Waals surface area (Å²) in [4.78, 5) is 0. The summed E-state index contributed by atoms with van der Waals surface area (Å²) < 4.78 is 10.6. The van der Waals surface area contributed by atoms with Gasteiger partial charge < -0.3 is 20.4 Å². The van der Waals surface area contributed by atoms with Gasteiger partial charge in [-0.1, -0.05) is 5.16 Å². The van der Waals surface area contributed by atoms with Gasteiger partial charge >= 0.3 is 0 Å². The van der Waals surface area contributed by atoms with Crippen molar-refractivity contribution >= 4 is 5.84 Å². The van der Waals surface area contributed by atoms with Crippen LogP contribution in [0.15, 0.2) is 17.3 Å². The van der Waals surface area contributed by atoms with Crippen LogP contribution in [0.4, 0.5) is 0 Å². The van der Waals surface area contributed by atoms with E-state index >= 15 is 0 Å². The van der Waals surface area contributed by atoms with E-state index in [0.29, 0.717) is 12.8 Å². The van der Waals surface area contributed by atoms with Crippen molar-refractivity contribution < 1.29 is 14.7 Å². The summed E-state index contributed by atoms with van der Waals surface area (Å²) in [7, 11) is 3.28. The van der Waals surface area contributed by atoms with E-state index in [1.54, 1.807) is 14.2 Å². The standard InChI is InChI=1S/C12H16N2O3/c1-16-10-3-4-11(17-2)9-6-7(5-8(9)10)12(13)14-15/h3-4,7,15H,5-6H2,1-2H3,(H2,13,14). The zero-order chi connectivity index (χ0) is 12.4. The minimum atomic E-state index is 0.0141. The maximum Gasteiger partial charge on any atom is 0.142 e. The normalized spacial score (nSPS) is 15.8. The van der Waals surface area contributed by atoms with Gasteiger partial charge in [-0.2, -0.15) is 0 Å². The van der Waals surface area contributed by atoms with Crippen molar-refractivity contribution in [3.63, 3.8) is 0 Å². The molecule has 92 valence electrons. The van der Waals surface area contributed by atoms with Gasteiger partial charge in [-0.15, -0.1) is 0 Å². The summed E-state index contributed by atoms with van der Waals surface area (Å²) in [5.74, 6) is 1.92. The molecule has 0 fully saturated rings. The second-order valence-corrected chi connectivity index (χ2v) is 4.06. The second kappa shape index (κ2) is 4.53. The van der Waals surface area contributed by atoms with E-state index in [0.717, 1.165) is 22.6 Å². The number of rotatable bonds is 3. The van der Waals surface area contributed by atoms with Crippen LogP contribution in [-0.2, 0) is 12.8 Å². The molecule has 0 bridgehead atoms. The first kappa shape index (κ1) is 11.6. The van der Waals surface area contributed by atoms with Crippen molar-refractivity contribution in [3.05, 3.63) is 23.3 Å². The van der Waals surface area contributed by atoms with Crippen molar-refractivity contribution in [1.29, 1.82) is 0 Å². The number of hydrogen-bond acceptors (Lipinski definition) is 4. The van der Waals surface area contributed by atoms with Crippen LogP contribution in [-0.4, -0.2) is 25.3 Å². The molecule has 5 heteroatoms. The van der Waals surface area contributed by atoms with E-state index < -0.39 is 0 Å². The molecule has 1 aliphatic carbocycles. The van der Waals surface area contributed by atoms with Crippen molar-refractivity contribution in [2.24, 2.45) is 16.8 Å². The van der Waals surface area contributed by atoms with Crippen molar-refractivity contribution in [3.8, 4) is 11.5 Å². The number of amidine groups is 1. The fourth-order valence-corrected chi connectivity index (χ4v) is 2.34. The third kappa shape index (κ3) is 1.88. The van der Waals surface area contributed by atoms with Crippen LogP contribution >= 0.6 is 0 Å². The fraction of sp³-hybridized carbons (Fsp3) is 0.417. The zero-order valence-corrected chi connectivity index (χ0v) is 9.93. The van der Waals surface area contributed by atoms with E-state index in [2.05, 4.69) is 5.16 Å². The minimum absolute atomic E-state index is 0.0141. The first-order valence-electron chi connectivity index (χ1n) is 5.41. The number of methoxy groups -OCH3 is 2. The quantitative estimate of drug-likeness (QED) is 0.357. The van der Waals surface area contributed by atoms with E-state index in [4.69, 9.17) is 20.4 Å². The molecule has 0 heterocycles. The molecule has 0 atom stereocenters. The van der Waals surface area contributed by atoms with Gasteiger partial charge in [0, 0.05) is 17.0 Å². The summed E-state index contributed by atoms with van der Waals surface area (Å²) in [6, 6.07) is 3.76. The lowest BCUT2D eigenvalue weighted by atomic mass is 10.1. The van der Waals surface area contributed by atoms with Crippen LogP contribution in [0.1, 0.15) is 11.1 Å². The molecule has 0 saturated heterocycles. The first-order valence-corrected chi connectivity index (χ1v) is 5.41. The number of oxime groups is 1. The predicted octanol–water partition coefficient (Wildman–Crippen LogP) is 1.17. The maximum atomic E-state index is 8.73. The maximum absolute atomic E-state index is 8.73. The Hall–Kier alpha value is -1.91. The molecule has 0 radical (unpaired) electrons. The van der Waals surface area contributed by atoms with Gasteiger partial charge in [-0.05, 0) is 25.0 Å². The molecule has 1 aromatic carbocycles. The molecule has 0 aromatic heterocycles. The molecule has 0 spiro atoms. The lowest BCUT2D eigenvalue weighted by Crippen LogP contribution is -2.24. The largest absolute Gasteiger partial charge is 0.496 e. The molecule has 5 nitrogen and oxygen atoms in total. The number of ether oxygens (including phenoxy) is 2. The summed E-state index contributed by atoms with van der Waals surface area (Å²) in [6.07, 6.45) is 1.43. The second-order valence-electron chi connectivity index (χ2n) is 4.06. The van der Waals surface area contributed by atoms with Gasteiger partial charge in [0.15, 0.2) is 0 Å². The Morgan fingerprint density at radius 3 is 2.06 bits per heavy atom. The van der Waals surface area contributed by atoms with E-state index in [-0.39, 0.29) is 11.8 Å². The average Bonchev–Trinajstić information content (AvgIpc) is 2.81. The Balaban J connectivity index is 2.41. The Bertz CT molecular complexity index is 424. The summed E-state index contributed by atoms with van der Waals surface area (Å²) in [5.41, 5.74) is 7.83. The predicted molar refractivity (Wildman–Crippen MR) is 63.9 cm³/mol. The van der Waals surface area contributed by atoms with Crippen LogP contribution in [0.25, 0.3) is 0 Å². The van der Waals surface area contributed by atoms with Gasteiger partial charge in [0.25, 0.3) is 0 Å². The monoisotopic (exact) mass is 236 g/mol. The number of nitrogens with zero attached hydrogens (tertiary/aromatic N) is 1. The van der Waals surface area contributed by atoms with Crippen molar-refractivity contribution in [2.75, 3.05) is 14.2 Å². The lowest BCUT2D eigenvalue weighted by molar-refractivity contribution is 0.314. The number of hydrogen-bond donors (Lipinski definition) is 2. The van der Waals surface area contributed by atoms with Crippen molar-refractivity contribution in [1.82, 2.24) is 0 Å². The van der Waals surface area contributed by atoms with E-state index in [9.17, 15) is 0 Å². The Morgan fingerprint density at radius 1 is 1.24 bits per heavy atom. The molecular formula is C12H16N2O3. The third-order valence-corrected chi connectivity index (χ3v) is 3.22. The van der Waals surface area contributed by atoms with Crippen LogP contribution < -0.4 is 15.2 Å². The molecule has 0 unspecified atom stereocenters. The van der Waals surface area contributed by atoms with Crippen LogP contribution in [0.2, 0.25) is 0 Å². The molecule has 17 heavy (non-hydrogen) atoms. The SMILES string of the molecule is COc1ccc(OC)c2c1CC(/C(N)=N/O)C2. The summed E-state index contributed by atoms with van der Waals surface area (Å²) in [5, 5.41) is 11.8. The molecule has 3 N–H and O–H groups in total. The van der Waals surface area contributed by atoms with Crippen LogP contribution in [0.5, 0.6) is 11.5 Å². The molecule has 1 aliphatic rings. The molecule has 0 amide bonds. The Morgan fingerprint density at radius 2 is 1.71 bits per heavy atom. The Kier molecular flexibility index (Phi) is 3.08. The van der Waals surface area contributed by atoms with Gasteiger partial charge in [-0.25, -0.2) is 0 Å². The molecular weight excluding hydrogens is 220 g/mol. The molecule has 1 aromatic rings. The topological polar surface area (TPSA) is 77.1 Å².